The second-order valence-corrected chi connectivity index (χ2v) is 6.38. The first kappa shape index (κ1) is 12.5. The molecule has 0 radical (unpaired) electrons. The molecule has 1 aliphatic heterocycles. The van der Waals surface area contributed by atoms with Crippen LogP contribution in [-0.4, -0.2) is 51.6 Å². The summed E-state index contributed by atoms with van der Waals surface area (Å²) in [6.45, 7) is 10.6. The van der Waals surface area contributed by atoms with Crippen molar-refractivity contribution in [1.82, 2.24) is 3.88 Å². The molecule has 1 aliphatic rings. The second-order valence-electron chi connectivity index (χ2n) is 4.82. The van der Waals surface area contributed by atoms with E-state index in [1.807, 2.05) is 0 Å². The molecule has 0 spiro atoms. The van der Waals surface area contributed by atoms with Gasteiger partial charge in [0.05, 0.1) is 5.60 Å². The summed E-state index contributed by atoms with van der Waals surface area (Å²) in [6.07, 6.45) is 2.33. The molecular formula is C10H22AlNO2. The Labute approximate surface area is 94.0 Å². The Bertz CT molecular complexity index is 153. The highest BCUT2D eigenvalue weighted by atomic mass is 27.1. The molecule has 0 aliphatic carbocycles. The van der Waals surface area contributed by atoms with Gasteiger partial charge in [-0.3, -0.25) is 0 Å². The Morgan fingerprint density at radius 3 is 2.79 bits per heavy atom. The first-order chi connectivity index (χ1) is 6.58. The lowest BCUT2D eigenvalue weighted by Crippen LogP contribution is -2.37. The van der Waals surface area contributed by atoms with Gasteiger partial charge in [0.15, 0.2) is 0 Å². The van der Waals surface area contributed by atoms with Crippen molar-refractivity contribution < 1.29 is 8.53 Å². The van der Waals surface area contributed by atoms with Gasteiger partial charge in [-0.2, -0.15) is 0 Å². The number of hydrogen-bond acceptors (Lipinski definition) is 3. The van der Waals surface area contributed by atoms with E-state index in [1.54, 1.807) is 0 Å². The average Bonchev–Trinajstić information content (AvgIpc) is 2.13. The van der Waals surface area contributed by atoms with Gasteiger partial charge in [-0.05, 0) is 46.7 Å². The molecular weight excluding hydrogens is 193 g/mol. The maximum atomic E-state index is 5.67. The molecule has 1 fully saturated rings. The van der Waals surface area contributed by atoms with E-state index in [2.05, 4.69) is 24.7 Å². The van der Waals surface area contributed by atoms with Crippen LogP contribution >= 0.6 is 0 Å². The number of ether oxygens (including phenoxy) is 1. The fraction of sp³-hybridized carbons (Fsp3) is 1.00. The smallest absolute Gasteiger partial charge is 0.491 e. The van der Waals surface area contributed by atoms with Crippen LogP contribution < -0.4 is 0 Å². The minimum atomic E-state index is -0.362. The molecule has 0 aromatic carbocycles. The maximum Gasteiger partial charge on any atom is 0.554 e. The van der Waals surface area contributed by atoms with E-state index in [9.17, 15) is 0 Å². The average molecular weight is 215 g/mol. The van der Waals surface area contributed by atoms with Crippen molar-refractivity contribution in [2.24, 2.45) is 0 Å². The highest BCUT2D eigenvalue weighted by Crippen LogP contribution is 2.07. The van der Waals surface area contributed by atoms with Gasteiger partial charge in [0, 0.05) is 13.2 Å². The minimum Gasteiger partial charge on any atom is -0.491 e. The van der Waals surface area contributed by atoms with Crippen LogP contribution in [0, 0.1) is 0 Å². The van der Waals surface area contributed by atoms with Gasteiger partial charge < -0.3 is 12.4 Å². The summed E-state index contributed by atoms with van der Waals surface area (Å²) >= 11 is -0.362. The fourth-order valence-corrected chi connectivity index (χ4v) is 2.79. The zero-order valence-corrected chi connectivity index (χ0v) is 11.1. The van der Waals surface area contributed by atoms with Crippen molar-refractivity contribution in [3.8, 4) is 0 Å². The third-order valence-corrected chi connectivity index (χ3v) is 3.66. The predicted molar refractivity (Wildman–Crippen MR) is 59.6 cm³/mol. The number of hydrogen-bond donors (Lipinski definition) is 0. The van der Waals surface area contributed by atoms with Crippen LogP contribution in [0.2, 0.25) is 0 Å². The second kappa shape index (κ2) is 6.10. The lowest BCUT2D eigenvalue weighted by atomic mass is 10.2. The summed E-state index contributed by atoms with van der Waals surface area (Å²) < 4.78 is 13.7. The lowest BCUT2D eigenvalue weighted by Gasteiger charge is -2.26. The third-order valence-electron chi connectivity index (χ3n) is 2.19. The van der Waals surface area contributed by atoms with E-state index in [1.165, 1.54) is 13.0 Å². The molecule has 4 heteroatoms. The van der Waals surface area contributed by atoms with E-state index in [-0.39, 0.29) is 21.4 Å². The first-order valence-electron chi connectivity index (χ1n) is 5.52. The molecule has 0 saturated carbocycles. The van der Waals surface area contributed by atoms with Crippen LogP contribution in [0.25, 0.3) is 0 Å². The van der Waals surface area contributed by atoms with E-state index in [4.69, 9.17) is 8.53 Å². The molecule has 0 bridgehead atoms. The van der Waals surface area contributed by atoms with Crippen LogP contribution in [0.5, 0.6) is 0 Å². The molecule has 1 heterocycles. The highest BCUT2D eigenvalue weighted by Gasteiger charge is 2.14. The molecule has 0 atom stereocenters. The minimum absolute atomic E-state index is 0.00975. The Morgan fingerprint density at radius 2 is 2.21 bits per heavy atom. The van der Waals surface area contributed by atoms with Crippen molar-refractivity contribution in [3.63, 3.8) is 0 Å². The van der Waals surface area contributed by atoms with Crippen molar-refractivity contribution in [2.45, 2.75) is 39.2 Å². The van der Waals surface area contributed by atoms with Crippen molar-refractivity contribution in [2.75, 3.05) is 26.3 Å². The Kier molecular flexibility index (Phi) is 5.43. The molecule has 1 rings (SSSR count). The molecule has 14 heavy (non-hydrogen) atoms. The summed E-state index contributed by atoms with van der Waals surface area (Å²) in [4.78, 5) is 0. The Morgan fingerprint density at radius 1 is 1.43 bits per heavy atom. The quantitative estimate of drug-likeness (QED) is 0.519. The topological polar surface area (TPSA) is 21.7 Å². The molecule has 0 unspecified atom stereocenters. The van der Waals surface area contributed by atoms with Crippen molar-refractivity contribution >= 4 is 15.8 Å². The van der Waals surface area contributed by atoms with Crippen LogP contribution in [0.1, 0.15) is 33.6 Å². The van der Waals surface area contributed by atoms with Gasteiger partial charge in [0.1, 0.15) is 0 Å². The van der Waals surface area contributed by atoms with Crippen molar-refractivity contribution in [3.05, 3.63) is 0 Å². The largest absolute Gasteiger partial charge is 0.554 e. The van der Waals surface area contributed by atoms with Crippen molar-refractivity contribution in [1.29, 1.82) is 0 Å². The van der Waals surface area contributed by atoms with Gasteiger partial charge >= 0.3 is 15.8 Å². The first-order valence-corrected chi connectivity index (χ1v) is 6.73. The normalized spacial score (nSPS) is 19.4. The SMILES string of the molecule is CC(C)(C)OCCC[N]1CCC[O][AlH]1. The van der Waals surface area contributed by atoms with Gasteiger partial charge in [-0.15, -0.1) is 0 Å². The molecule has 3 nitrogen and oxygen atoms in total. The van der Waals surface area contributed by atoms with Gasteiger partial charge in [0.2, 0.25) is 0 Å². The standard InChI is InChI=1S/C10H21NO2.Al.H/c1-10(2,3)13-9-5-7-11-6-4-8-12;;/h4-9H2,1-3H3;;/q-2;+2;. The fourth-order valence-electron chi connectivity index (χ4n) is 1.49. The van der Waals surface area contributed by atoms with E-state index in [0.717, 1.165) is 26.2 Å². The third kappa shape index (κ3) is 6.00. The zero-order valence-electron chi connectivity index (χ0n) is 9.71. The molecule has 0 aromatic heterocycles. The number of rotatable bonds is 4. The Balaban J connectivity index is 1.97. The molecule has 0 amide bonds. The summed E-state index contributed by atoms with van der Waals surface area (Å²) in [5.41, 5.74) is 0.00975. The number of nitrogens with zero attached hydrogens (tertiary/aromatic N) is 1. The van der Waals surface area contributed by atoms with Gasteiger partial charge in [0.25, 0.3) is 0 Å². The monoisotopic (exact) mass is 215 g/mol. The van der Waals surface area contributed by atoms with Gasteiger partial charge in [-0.25, -0.2) is 0 Å². The summed E-state index contributed by atoms with van der Waals surface area (Å²) in [6, 6.07) is 0. The Hall–Kier alpha value is 0.412. The molecule has 1 saturated heterocycles. The lowest BCUT2D eigenvalue weighted by molar-refractivity contribution is -0.00579. The zero-order chi connectivity index (χ0) is 10.4. The summed E-state index contributed by atoms with van der Waals surface area (Å²) in [5.74, 6) is 0. The van der Waals surface area contributed by atoms with E-state index < -0.39 is 0 Å². The predicted octanol–water partition coefficient (Wildman–Crippen LogP) is 1.18. The van der Waals surface area contributed by atoms with E-state index in [0.29, 0.717) is 0 Å². The van der Waals surface area contributed by atoms with Crippen LogP contribution in [-0.2, 0) is 8.53 Å². The van der Waals surface area contributed by atoms with Crippen LogP contribution in [0.4, 0.5) is 0 Å². The highest BCUT2D eigenvalue weighted by molar-refractivity contribution is 6.23. The molecule has 82 valence electrons. The van der Waals surface area contributed by atoms with Gasteiger partial charge in [-0.1, -0.05) is 0 Å². The van der Waals surface area contributed by atoms with E-state index >= 15 is 0 Å². The maximum absolute atomic E-state index is 5.67. The summed E-state index contributed by atoms with van der Waals surface area (Å²) in [5, 5.41) is 0. The van der Waals surface area contributed by atoms with Crippen LogP contribution in [0.15, 0.2) is 0 Å². The molecule has 0 N–H and O–H groups in total. The molecule has 0 aromatic rings. The van der Waals surface area contributed by atoms with Crippen LogP contribution in [0.3, 0.4) is 0 Å². The summed E-state index contributed by atoms with van der Waals surface area (Å²) in [7, 11) is 0.